The molecule has 3 rings (SSSR count). The zero-order valence-corrected chi connectivity index (χ0v) is 14.4. The Morgan fingerprint density at radius 3 is 2.67 bits per heavy atom. The van der Waals surface area contributed by atoms with Gasteiger partial charge in [0.05, 0.1) is 11.8 Å². The van der Waals surface area contributed by atoms with Gasteiger partial charge in [0.25, 0.3) is 11.5 Å². The van der Waals surface area contributed by atoms with Crippen molar-refractivity contribution < 1.29 is 4.79 Å². The third-order valence-electron chi connectivity index (χ3n) is 3.50. The monoisotopic (exact) mass is 383 g/mol. The molecular formula is C18H14BrN3O2. The number of carbonyl (C=O) groups is 1. The fraction of sp³-hybridized carbons (Fsp3) is 0.0556. The predicted molar refractivity (Wildman–Crippen MR) is 98.5 cm³/mol. The first kappa shape index (κ1) is 16.1. The minimum atomic E-state index is -0.341. The van der Waals surface area contributed by atoms with Crippen molar-refractivity contribution in [2.24, 2.45) is 5.10 Å². The first-order chi connectivity index (χ1) is 11.5. The Hall–Kier alpha value is -2.73. The fourth-order valence-electron chi connectivity index (χ4n) is 2.27. The van der Waals surface area contributed by atoms with E-state index in [0.29, 0.717) is 11.1 Å². The second kappa shape index (κ2) is 6.80. The molecule has 0 radical (unpaired) electrons. The Morgan fingerprint density at radius 1 is 1.17 bits per heavy atom. The largest absolute Gasteiger partial charge is 0.321 e. The third-order valence-corrected chi connectivity index (χ3v) is 4.03. The molecule has 0 atom stereocenters. The van der Waals surface area contributed by atoms with E-state index in [9.17, 15) is 9.59 Å². The number of halogens is 1. The van der Waals surface area contributed by atoms with Crippen LogP contribution in [0.2, 0.25) is 0 Å². The molecule has 0 aliphatic carbocycles. The normalized spacial score (nSPS) is 11.1. The number of hydrogen-bond donors (Lipinski definition) is 2. The van der Waals surface area contributed by atoms with E-state index in [4.69, 9.17) is 0 Å². The van der Waals surface area contributed by atoms with Crippen LogP contribution < -0.4 is 11.0 Å². The number of carbonyl (C=O) groups excluding carboxylic acids is 1. The number of benzene rings is 2. The number of hydrazone groups is 1. The number of amides is 1. The van der Waals surface area contributed by atoms with Gasteiger partial charge in [-0.25, -0.2) is 5.43 Å². The predicted octanol–water partition coefficient (Wildman–Crippen LogP) is 3.36. The summed E-state index contributed by atoms with van der Waals surface area (Å²) >= 11 is 3.31. The number of hydrogen-bond acceptors (Lipinski definition) is 3. The van der Waals surface area contributed by atoms with E-state index in [1.165, 1.54) is 6.21 Å². The highest BCUT2D eigenvalue weighted by molar-refractivity contribution is 9.10. The van der Waals surface area contributed by atoms with Gasteiger partial charge in [-0.1, -0.05) is 27.6 Å². The number of H-pyrrole nitrogens is 1. The molecule has 2 aromatic carbocycles. The van der Waals surface area contributed by atoms with E-state index in [1.54, 1.807) is 30.3 Å². The van der Waals surface area contributed by atoms with Crippen LogP contribution in [0.1, 0.15) is 21.5 Å². The zero-order chi connectivity index (χ0) is 17.1. The van der Waals surface area contributed by atoms with Crippen LogP contribution in [0.3, 0.4) is 0 Å². The van der Waals surface area contributed by atoms with Crippen LogP contribution in [0.5, 0.6) is 0 Å². The molecule has 24 heavy (non-hydrogen) atoms. The standard InChI is InChI=1S/C18H14BrN3O2/c1-11-2-7-16-13(8-11)9-14(17(23)21-16)10-20-22-18(24)12-3-5-15(19)6-4-12/h2-10H,1H3,(H,21,23)(H,22,24)/b20-10-. The van der Waals surface area contributed by atoms with Gasteiger partial charge >= 0.3 is 0 Å². The van der Waals surface area contributed by atoms with E-state index in [1.807, 2.05) is 25.1 Å². The van der Waals surface area contributed by atoms with E-state index in [-0.39, 0.29) is 11.5 Å². The third kappa shape index (κ3) is 3.60. The van der Waals surface area contributed by atoms with Gasteiger partial charge in [0.2, 0.25) is 0 Å². The second-order valence-corrected chi connectivity index (χ2v) is 6.27. The fourth-order valence-corrected chi connectivity index (χ4v) is 2.53. The van der Waals surface area contributed by atoms with Gasteiger partial charge in [-0.15, -0.1) is 0 Å². The molecule has 5 nitrogen and oxygen atoms in total. The van der Waals surface area contributed by atoms with Crippen LogP contribution in [0.25, 0.3) is 10.9 Å². The van der Waals surface area contributed by atoms with Crippen molar-refractivity contribution in [3.63, 3.8) is 0 Å². The maximum atomic E-state index is 12.0. The number of fused-ring (bicyclic) bond motifs is 1. The van der Waals surface area contributed by atoms with Crippen LogP contribution in [0.4, 0.5) is 0 Å². The Labute approximate surface area is 146 Å². The van der Waals surface area contributed by atoms with Crippen LogP contribution in [-0.2, 0) is 0 Å². The maximum Gasteiger partial charge on any atom is 0.271 e. The first-order valence-corrected chi connectivity index (χ1v) is 8.05. The van der Waals surface area contributed by atoms with E-state index < -0.39 is 0 Å². The summed E-state index contributed by atoms with van der Waals surface area (Å²) < 4.78 is 0.889. The smallest absolute Gasteiger partial charge is 0.271 e. The van der Waals surface area contributed by atoms with Crippen molar-refractivity contribution in [2.45, 2.75) is 6.92 Å². The molecular weight excluding hydrogens is 370 g/mol. The summed E-state index contributed by atoms with van der Waals surface area (Å²) in [6.45, 7) is 1.98. The number of nitrogens with one attached hydrogen (secondary N) is 2. The molecule has 0 bridgehead atoms. The highest BCUT2D eigenvalue weighted by Crippen LogP contribution is 2.12. The van der Waals surface area contributed by atoms with E-state index in [0.717, 1.165) is 20.9 Å². The number of aryl methyl sites for hydroxylation is 1. The van der Waals surface area contributed by atoms with Crippen LogP contribution in [0.15, 0.2) is 62.9 Å². The van der Waals surface area contributed by atoms with Crippen LogP contribution in [-0.4, -0.2) is 17.1 Å². The molecule has 0 fully saturated rings. The molecule has 120 valence electrons. The molecule has 6 heteroatoms. The van der Waals surface area contributed by atoms with Gasteiger partial charge in [-0.2, -0.15) is 5.10 Å². The lowest BCUT2D eigenvalue weighted by molar-refractivity contribution is 0.0955. The Balaban J connectivity index is 1.80. The van der Waals surface area contributed by atoms with Crippen molar-refractivity contribution >= 4 is 39.0 Å². The maximum absolute atomic E-state index is 12.0. The van der Waals surface area contributed by atoms with Crippen molar-refractivity contribution in [1.29, 1.82) is 0 Å². The van der Waals surface area contributed by atoms with Crippen LogP contribution in [0, 0.1) is 6.92 Å². The quantitative estimate of drug-likeness (QED) is 0.537. The van der Waals surface area contributed by atoms with Gasteiger partial charge in [-0.05, 0) is 54.8 Å². The SMILES string of the molecule is Cc1ccc2[nH]c(=O)c(/C=N\NC(=O)c3ccc(Br)cc3)cc2c1. The lowest BCUT2D eigenvalue weighted by atomic mass is 10.1. The Kier molecular flexibility index (Phi) is 4.57. The lowest BCUT2D eigenvalue weighted by Crippen LogP contribution is -2.19. The summed E-state index contributed by atoms with van der Waals surface area (Å²) in [5.41, 5.74) is 4.89. The first-order valence-electron chi connectivity index (χ1n) is 7.25. The topological polar surface area (TPSA) is 74.3 Å². The molecule has 1 aromatic heterocycles. The Morgan fingerprint density at radius 2 is 1.92 bits per heavy atom. The van der Waals surface area contributed by atoms with Crippen LogP contribution >= 0.6 is 15.9 Å². The van der Waals surface area contributed by atoms with Crippen molar-refractivity contribution in [3.8, 4) is 0 Å². The summed E-state index contributed by atoms with van der Waals surface area (Å²) in [5.74, 6) is -0.341. The number of nitrogens with zero attached hydrogens (tertiary/aromatic N) is 1. The van der Waals surface area contributed by atoms with Crippen molar-refractivity contribution in [3.05, 3.63) is 80.0 Å². The number of pyridine rings is 1. The summed E-state index contributed by atoms with van der Waals surface area (Å²) in [7, 11) is 0. The molecule has 1 heterocycles. The molecule has 2 N–H and O–H groups in total. The molecule has 0 unspecified atom stereocenters. The van der Waals surface area contributed by atoms with Gasteiger partial charge in [-0.3, -0.25) is 9.59 Å². The molecule has 3 aromatic rings. The number of aromatic nitrogens is 1. The molecule has 0 spiro atoms. The van der Waals surface area contributed by atoms with Gasteiger partial charge in [0.15, 0.2) is 0 Å². The lowest BCUT2D eigenvalue weighted by Gasteiger charge is -2.02. The average molecular weight is 384 g/mol. The van der Waals surface area contributed by atoms with E-state index in [2.05, 4.69) is 31.4 Å². The summed E-state index contributed by atoms with van der Waals surface area (Å²) in [5, 5.41) is 4.79. The summed E-state index contributed by atoms with van der Waals surface area (Å²) in [6.07, 6.45) is 1.34. The minimum absolute atomic E-state index is 0.256. The van der Waals surface area contributed by atoms with Crippen molar-refractivity contribution in [2.75, 3.05) is 0 Å². The summed E-state index contributed by atoms with van der Waals surface area (Å²) in [6, 6.07) is 14.4. The zero-order valence-electron chi connectivity index (χ0n) is 12.8. The summed E-state index contributed by atoms with van der Waals surface area (Å²) in [4.78, 5) is 26.8. The average Bonchev–Trinajstić information content (AvgIpc) is 2.56. The number of aromatic amines is 1. The van der Waals surface area contributed by atoms with Gasteiger partial charge < -0.3 is 4.98 Å². The Bertz CT molecular complexity index is 991. The van der Waals surface area contributed by atoms with Gasteiger partial charge in [0, 0.05) is 15.6 Å². The molecule has 0 aliphatic heterocycles. The number of rotatable bonds is 3. The van der Waals surface area contributed by atoms with E-state index >= 15 is 0 Å². The highest BCUT2D eigenvalue weighted by Gasteiger charge is 2.04. The highest BCUT2D eigenvalue weighted by atomic mass is 79.9. The minimum Gasteiger partial charge on any atom is -0.321 e. The molecule has 0 saturated heterocycles. The van der Waals surface area contributed by atoms with Crippen molar-refractivity contribution in [1.82, 2.24) is 10.4 Å². The molecule has 0 saturated carbocycles. The molecule has 1 amide bonds. The molecule has 0 aliphatic rings. The van der Waals surface area contributed by atoms with Gasteiger partial charge in [0.1, 0.15) is 0 Å². The second-order valence-electron chi connectivity index (χ2n) is 5.35.